The summed E-state index contributed by atoms with van der Waals surface area (Å²) in [7, 11) is 0. The van der Waals surface area contributed by atoms with Gasteiger partial charge in [0.2, 0.25) is 0 Å². The van der Waals surface area contributed by atoms with Crippen LogP contribution in [0.5, 0.6) is 5.75 Å². The fraction of sp³-hybridized carbons (Fsp3) is 0.333. The lowest BCUT2D eigenvalue weighted by atomic mass is 10.1. The summed E-state index contributed by atoms with van der Waals surface area (Å²) >= 11 is 0. The first-order valence-corrected chi connectivity index (χ1v) is 4.75. The molecule has 0 amide bonds. The van der Waals surface area contributed by atoms with Crippen LogP contribution in [0.25, 0.3) is 0 Å². The van der Waals surface area contributed by atoms with Crippen molar-refractivity contribution in [3.63, 3.8) is 0 Å². The average molecular weight is 174 g/mol. The van der Waals surface area contributed by atoms with Crippen LogP contribution < -0.4 is 4.74 Å². The molecule has 0 unspecified atom stereocenters. The fourth-order valence-electron chi connectivity index (χ4n) is 1.66. The summed E-state index contributed by atoms with van der Waals surface area (Å²) in [6.45, 7) is 4.57. The molecular formula is C12H14O. The zero-order valence-corrected chi connectivity index (χ0v) is 7.75. The van der Waals surface area contributed by atoms with E-state index in [4.69, 9.17) is 4.74 Å². The van der Waals surface area contributed by atoms with Crippen LogP contribution in [0.2, 0.25) is 0 Å². The molecule has 0 fully saturated rings. The van der Waals surface area contributed by atoms with E-state index >= 15 is 0 Å². The van der Waals surface area contributed by atoms with E-state index < -0.39 is 0 Å². The Hall–Kier alpha value is -1.24. The van der Waals surface area contributed by atoms with E-state index in [1.54, 1.807) is 0 Å². The summed E-state index contributed by atoms with van der Waals surface area (Å²) in [6.07, 6.45) is 5.18. The Morgan fingerprint density at radius 2 is 2.38 bits per heavy atom. The van der Waals surface area contributed by atoms with Gasteiger partial charge in [-0.25, -0.2) is 0 Å². The summed E-state index contributed by atoms with van der Waals surface area (Å²) in [5.41, 5.74) is 2.76. The van der Waals surface area contributed by atoms with Crippen molar-refractivity contribution >= 4 is 0 Å². The molecule has 0 saturated carbocycles. The summed E-state index contributed by atoms with van der Waals surface area (Å²) in [5, 5.41) is 0. The highest BCUT2D eigenvalue weighted by atomic mass is 16.5. The highest BCUT2D eigenvalue weighted by Gasteiger charge is 2.11. The molecule has 0 spiro atoms. The Kier molecular flexibility index (Phi) is 2.35. The first-order valence-electron chi connectivity index (χ1n) is 4.75. The van der Waals surface area contributed by atoms with Crippen LogP contribution in [-0.2, 0) is 12.8 Å². The molecule has 1 nitrogen and oxygen atoms in total. The van der Waals surface area contributed by atoms with Crippen molar-refractivity contribution in [2.24, 2.45) is 0 Å². The number of ether oxygens (including phenoxy) is 1. The second kappa shape index (κ2) is 3.65. The summed E-state index contributed by atoms with van der Waals surface area (Å²) < 4.78 is 5.44. The molecular weight excluding hydrogens is 160 g/mol. The van der Waals surface area contributed by atoms with Gasteiger partial charge in [0.25, 0.3) is 0 Å². The second-order valence-electron chi connectivity index (χ2n) is 3.37. The van der Waals surface area contributed by atoms with E-state index in [0.29, 0.717) is 0 Å². The predicted molar refractivity (Wildman–Crippen MR) is 54.2 cm³/mol. The van der Waals surface area contributed by atoms with Crippen molar-refractivity contribution < 1.29 is 4.74 Å². The number of aryl methyl sites for hydroxylation is 1. The Bertz CT molecular complexity index is 315. The number of hydrogen-bond donors (Lipinski definition) is 0. The van der Waals surface area contributed by atoms with Crippen molar-refractivity contribution in [3.05, 3.63) is 42.0 Å². The van der Waals surface area contributed by atoms with Crippen molar-refractivity contribution in [3.8, 4) is 5.75 Å². The maximum absolute atomic E-state index is 5.44. The number of rotatable bonds is 3. The maximum atomic E-state index is 5.44. The van der Waals surface area contributed by atoms with Crippen molar-refractivity contribution in [1.29, 1.82) is 0 Å². The first-order chi connectivity index (χ1) is 6.40. The van der Waals surface area contributed by atoms with Gasteiger partial charge < -0.3 is 4.74 Å². The lowest BCUT2D eigenvalue weighted by Crippen LogP contribution is -1.85. The van der Waals surface area contributed by atoms with Gasteiger partial charge in [-0.05, 0) is 30.0 Å². The summed E-state index contributed by atoms with van der Waals surface area (Å²) in [4.78, 5) is 0. The SMILES string of the molecule is C=CCCc1ccc2c(c1)CCO2. The summed E-state index contributed by atoms with van der Waals surface area (Å²) in [6, 6.07) is 6.49. The normalized spacial score (nSPS) is 13.5. The Labute approximate surface area is 79.0 Å². The Morgan fingerprint density at radius 1 is 1.46 bits per heavy atom. The largest absolute Gasteiger partial charge is 0.493 e. The second-order valence-corrected chi connectivity index (χ2v) is 3.37. The molecule has 1 aromatic rings. The molecule has 0 bridgehead atoms. The number of fused-ring (bicyclic) bond motifs is 1. The van der Waals surface area contributed by atoms with Crippen LogP contribution in [0.3, 0.4) is 0 Å². The van der Waals surface area contributed by atoms with E-state index in [1.807, 2.05) is 6.08 Å². The third-order valence-electron chi connectivity index (χ3n) is 2.39. The molecule has 0 saturated heterocycles. The zero-order valence-electron chi connectivity index (χ0n) is 7.75. The minimum absolute atomic E-state index is 0.847. The Balaban J connectivity index is 2.16. The topological polar surface area (TPSA) is 9.23 Å². The smallest absolute Gasteiger partial charge is 0.122 e. The molecule has 68 valence electrons. The molecule has 2 rings (SSSR count). The average Bonchev–Trinajstić information content (AvgIpc) is 2.61. The third-order valence-corrected chi connectivity index (χ3v) is 2.39. The van der Waals surface area contributed by atoms with Gasteiger partial charge >= 0.3 is 0 Å². The van der Waals surface area contributed by atoms with E-state index in [2.05, 4.69) is 24.8 Å². The lowest BCUT2D eigenvalue weighted by Gasteiger charge is -2.01. The van der Waals surface area contributed by atoms with Gasteiger partial charge in [-0.1, -0.05) is 18.2 Å². The van der Waals surface area contributed by atoms with E-state index in [0.717, 1.165) is 31.6 Å². The van der Waals surface area contributed by atoms with E-state index in [9.17, 15) is 0 Å². The van der Waals surface area contributed by atoms with Crippen LogP contribution in [0.15, 0.2) is 30.9 Å². The molecule has 1 heterocycles. The number of hydrogen-bond acceptors (Lipinski definition) is 1. The van der Waals surface area contributed by atoms with Crippen LogP contribution >= 0.6 is 0 Å². The van der Waals surface area contributed by atoms with Gasteiger partial charge in [0.05, 0.1) is 6.61 Å². The van der Waals surface area contributed by atoms with Gasteiger partial charge in [-0.2, -0.15) is 0 Å². The van der Waals surface area contributed by atoms with Crippen LogP contribution in [0.4, 0.5) is 0 Å². The van der Waals surface area contributed by atoms with Gasteiger partial charge in [-0.3, -0.25) is 0 Å². The minimum atomic E-state index is 0.847. The fourth-order valence-corrected chi connectivity index (χ4v) is 1.66. The molecule has 1 aromatic carbocycles. The zero-order chi connectivity index (χ0) is 9.10. The molecule has 0 N–H and O–H groups in total. The first kappa shape index (κ1) is 8.36. The molecule has 0 radical (unpaired) electrons. The van der Waals surface area contributed by atoms with Gasteiger partial charge in [0.1, 0.15) is 5.75 Å². The number of benzene rings is 1. The highest BCUT2D eigenvalue weighted by molar-refractivity contribution is 5.39. The summed E-state index contributed by atoms with van der Waals surface area (Å²) in [5.74, 6) is 1.07. The van der Waals surface area contributed by atoms with E-state index in [-0.39, 0.29) is 0 Å². The predicted octanol–water partition coefficient (Wildman–Crippen LogP) is 2.74. The number of allylic oxidation sites excluding steroid dienone is 1. The quantitative estimate of drug-likeness (QED) is 0.640. The van der Waals surface area contributed by atoms with Gasteiger partial charge in [0.15, 0.2) is 0 Å². The van der Waals surface area contributed by atoms with Crippen molar-refractivity contribution in [1.82, 2.24) is 0 Å². The molecule has 1 aliphatic rings. The minimum Gasteiger partial charge on any atom is -0.493 e. The molecule has 1 heteroatoms. The van der Waals surface area contributed by atoms with Crippen molar-refractivity contribution in [2.75, 3.05) is 6.61 Å². The highest BCUT2D eigenvalue weighted by Crippen LogP contribution is 2.26. The van der Waals surface area contributed by atoms with Gasteiger partial charge in [-0.15, -0.1) is 6.58 Å². The molecule has 0 aliphatic carbocycles. The van der Waals surface area contributed by atoms with Crippen LogP contribution in [-0.4, -0.2) is 6.61 Å². The lowest BCUT2D eigenvalue weighted by molar-refractivity contribution is 0.357. The molecule has 0 aromatic heterocycles. The van der Waals surface area contributed by atoms with Gasteiger partial charge in [0, 0.05) is 6.42 Å². The molecule has 0 atom stereocenters. The molecule has 1 aliphatic heterocycles. The maximum Gasteiger partial charge on any atom is 0.122 e. The molecule has 13 heavy (non-hydrogen) atoms. The van der Waals surface area contributed by atoms with E-state index in [1.165, 1.54) is 11.1 Å². The standard InChI is InChI=1S/C12H14O/c1-2-3-4-10-5-6-12-11(9-10)7-8-13-12/h2,5-6,9H,1,3-4,7-8H2. The van der Waals surface area contributed by atoms with Crippen LogP contribution in [0, 0.1) is 0 Å². The Morgan fingerprint density at radius 3 is 3.23 bits per heavy atom. The monoisotopic (exact) mass is 174 g/mol. The van der Waals surface area contributed by atoms with Crippen LogP contribution in [0.1, 0.15) is 17.5 Å². The third kappa shape index (κ3) is 1.74. The van der Waals surface area contributed by atoms with Crippen molar-refractivity contribution in [2.45, 2.75) is 19.3 Å².